The molecule has 1 aromatic heterocycles. The predicted octanol–water partition coefficient (Wildman–Crippen LogP) is 4.09. The Bertz CT molecular complexity index is 967. The monoisotopic (exact) mass is 472 g/mol. The summed E-state index contributed by atoms with van der Waals surface area (Å²) in [5.41, 5.74) is 2.85. The second-order valence-electron chi connectivity index (χ2n) is 6.40. The van der Waals surface area contributed by atoms with Gasteiger partial charge in [-0.05, 0) is 70.1 Å². The number of rotatable bonds is 3. The first-order chi connectivity index (χ1) is 13.1. The van der Waals surface area contributed by atoms with Gasteiger partial charge in [0.1, 0.15) is 6.04 Å². The zero-order valence-corrected chi connectivity index (χ0v) is 16.5. The van der Waals surface area contributed by atoms with E-state index in [-0.39, 0.29) is 17.6 Å². The smallest absolute Gasteiger partial charge is 0.290 e. The van der Waals surface area contributed by atoms with E-state index < -0.39 is 6.04 Å². The molecular weight excluding hydrogens is 455 g/mol. The van der Waals surface area contributed by atoms with E-state index in [4.69, 9.17) is 4.42 Å². The van der Waals surface area contributed by atoms with Gasteiger partial charge in [0.05, 0.1) is 6.26 Å². The number of hydrogen-bond acceptors (Lipinski definition) is 3. The fourth-order valence-corrected chi connectivity index (χ4v) is 3.63. The minimum absolute atomic E-state index is 0.203. The number of carbonyl (C=O) groups excluding carboxylic acids is 2. The fraction of sp³-hybridized carbons (Fsp3) is 0.143. The standard InChI is InChI=1S/C21H17IN2O3/c22-16-7-9-17(10-8-16)23-20(25)18-12-14-4-1-2-5-15(14)13-24(18)21(26)19-6-3-11-27-19/h1-11,18H,12-13H2,(H,23,25)/t18-/m0/s1. The van der Waals surface area contributed by atoms with E-state index in [1.807, 2.05) is 48.5 Å². The van der Waals surface area contributed by atoms with Crippen LogP contribution in [0.15, 0.2) is 71.3 Å². The number of nitrogens with zero attached hydrogens (tertiary/aromatic N) is 1. The molecule has 5 nitrogen and oxygen atoms in total. The summed E-state index contributed by atoms with van der Waals surface area (Å²) in [6, 6.07) is 18.2. The molecule has 0 spiro atoms. The average molecular weight is 472 g/mol. The lowest BCUT2D eigenvalue weighted by Gasteiger charge is -2.35. The van der Waals surface area contributed by atoms with E-state index in [1.54, 1.807) is 17.0 Å². The summed E-state index contributed by atoms with van der Waals surface area (Å²) in [6.45, 7) is 0.375. The molecule has 0 saturated carbocycles. The van der Waals surface area contributed by atoms with Crippen LogP contribution in [0, 0.1) is 3.57 Å². The average Bonchev–Trinajstić information content (AvgIpc) is 3.23. The second kappa shape index (κ2) is 7.56. The van der Waals surface area contributed by atoms with Crippen LogP contribution in [-0.4, -0.2) is 22.8 Å². The zero-order chi connectivity index (χ0) is 18.8. The Kier molecular flexibility index (Phi) is 4.98. The highest BCUT2D eigenvalue weighted by Gasteiger charge is 2.35. The number of furan rings is 1. The molecule has 0 saturated heterocycles. The van der Waals surface area contributed by atoms with Crippen molar-refractivity contribution < 1.29 is 14.0 Å². The summed E-state index contributed by atoms with van der Waals surface area (Å²) >= 11 is 2.22. The van der Waals surface area contributed by atoms with E-state index in [1.165, 1.54) is 6.26 Å². The van der Waals surface area contributed by atoms with Gasteiger partial charge in [-0.1, -0.05) is 24.3 Å². The van der Waals surface area contributed by atoms with Crippen LogP contribution in [0.4, 0.5) is 5.69 Å². The van der Waals surface area contributed by atoms with Crippen LogP contribution in [-0.2, 0) is 17.8 Å². The second-order valence-corrected chi connectivity index (χ2v) is 7.64. The van der Waals surface area contributed by atoms with Crippen molar-refractivity contribution in [1.29, 1.82) is 0 Å². The molecule has 4 rings (SSSR count). The number of carbonyl (C=O) groups is 2. The lowest BCUT2D eigenvalue weighted by Crippen LogP contribution is -2.50. The van der Waals surface area contributed by atoms with E-state index in [2.05, 4.69) is 27.9 Å². The molecule has 1 atom stereocenters. The molecule has 1 aliphatic rings. The van der Waals surface area contributed by atoms with Gasteiger partial charge in [0.25, 0.3) is 5.91 Å². The first kappa shape index (κ1) is 17.8. The Morgan fingerprint density at radius 2 is 1.74 bits per heavy atom. The number of fused-ring (bicyclic) bond motifs is 1. The van der Waals surface area contributed by atoms with Crippen molar-refractivity contribution in [3.63, 3.8) is 0 Å². The summed E-state index contributed by atoms with van der Waals surface area (Å²) in [4.78, 5) is 27.5. The van der Waals surface area contributed by atoms with Gasteiger partial charge >= 0.3 is 0 Å². The molecule has 2 heterocycles. The van der Waals surface area contributed by atoms with Gasteiger partial charge in [0.2, 0.25) is 5.91 Å². The minimum atomic E-state index is -0.600. The lowest BCUT2D eigenvalue weighted by atomic mass is 9.93. The number of benzene rings is 2. The van der Waals surface area contributed by atoms with Crippen molar-refractivity contribution >= 4 is 40.1 Å². The summed E-state index contributed by atoms with van der Waals surface area (Å²) in [7, 11) is 0. The number of hydrogen-bond donors (Lipinski definition) is 1. The minimum Gasteiger partial charge on any atom is -0.459 e. The first-order valence-electron chi connectivity index (χ1n) is 8.59. The van der Waals surface area contributed by atoms with Crippen LogP contribution < -0.4 is 5.32 Å². The van der Waals surface area contributed by atoms with Crippen LogP contribution >= 0.6 is 22.6 Å². The molecule has 6 heteroatoms. The quantitative estimate of drug-likeness (QED) is 0.585. The van der Waals surface area contributed by atoms with Crippen LogP contribution in [0.2, 0.25) is 0 Å². The first-order valence-corrected chi connectivity index (χ1v) is 9.67. The Labute approximate surface area is 170 Å². The maximum absolute atomic E-state index is 13.0. The molecule has 1 N–H and O–H groups in total. The highest BCUT2D eigenvalue weighted by molar-refractivity contribution is 14.1. The number of amides is 2. The molecule has 0 radical (unpaired) electrons. The van der Waals surface area contributed by atoms with Crippen molar-refractivity contribution in [2.75, 3.05) is 5.32 Å². The molecule has 27 heavy (non-hydrogen) atoms. The van der Waals surface area contributed by atoms with Crippen molar-refractivity contribution in [2.24, 2.45) is 0 Å². The predicted molar refractivity (Wildman–Crippen MR) is 110 cm³/mol. The van der Waals surface area contributed by atoms with E-state index in [0.717, 1.165) is 14.7 Å². The maximum atomic E-state index is 13.0. The summed E-state index contributed by atoms with van der Waals surface area (Å²) in [5, 5.41) is 2.93. The molecule has 0 bridgehead atoms. The van der Waals surface area contributed by atoms with Gasteiger partial charge in [-0.25, -0.2) is 0 Å². The van der Waals surface area contributed by atoms with Gasteiger partial charge in [0, 0.05) is 22.2 Å². The van der Waals surface area contributed by atoms with Crippen molar-refractivity contribution in [1.82, 2.24) is 4.90 Å². The SMILES string of the molecule is O=C(Nc1ccc(I)cc1)[C@@H]1Cc2ccccc2CN1C(=O)c1ccco1. The summed E-state index contributed by atoms with van der Waals surface area (Å²) < 4.78 is 6.36. The van der Waals surface area contributed by atoms with Crippen molar-refractivity contribution in [2.45, 2.75) is 19.0 Å². The van der Waals surface area contributed by atoms with Crippen LogP contribution in [0.1, 0.15) is 21.7 Å². The molecule has 3 aromatic rings. The highest BCUT2D eigenvalue weighted by atomic mass is 127. The molecule has 2 aromatic carbocycles. The Hall–Kier alpha value is -2.61. The summed E-state index contributed by atoms with van der Waals surface area (Å²) in [5.74, 6) is -0.246. The Morgan fingerprint density at radius 1 is 1.00 bits per heavy atom. The molecular formula is C21H17IN2O3. The van der Waals surface area contributed by atoms with Crippen molar-refractivity contribution in [3.05, 3.63) is 87.4 Å². The zero-order valence-electron chi connectivity index (χ0n) is 14.4. The van der Waals surface area contributed by atoms with Crippen LogP contribution in [0.25, 0.3) is 0 Å². The number of nitrogens with one attached hydrogen (secondary N) is 1. The molecule has 1 aliphatic heterocycles. The molecule has 136 valence electrons. The molecule has 0 fully saturated rings. The maximum Gasteiger partial charge on any atom is 0.290 e. The number of halogens is 1. The lowest BCUT2D eigenvalue weighted by molar-refractivity contribution is -0.121. The highest BCUT2D eigenvalue weighted by Crippen LogP contribution is 2.26. The molecule has 2 amide bonds. The molecule has 0 aliphatic carbocycles. The van der Waals surface area contributed by atoms with E-state index >= 15 is 0 Å². The third-order valence-electron chi connectivity index (χ3n) is 4.66. The molecule has 0 unspecified atom stereocenters. The van der Waals surface area contributed by atoms with E-state index in [9.17, 15) is 9.59 Å². The fourth-order valence-electron chi connectivity index (χ4n) is 3.27. The van der Waals surface area contributed by atoms with Gasteiger partial charge in [-0.3, -0.25) is 9.59 Å². The van der Waals surface area contributed by atoms with Gasteiger partial charge in [-0.2, -0.15) is 0 Å². The number of anilines is 1. The van der Waals surface area contributed by atoms with E-state index in [0.29, 0.717) is 18.7 Å². The van der Waals surface area contributed by atoms with Gasteiger partial charge in [0.15, 0.2) is 5.76 Å². The Morgan fingerprint density at radius 3 is 2.44 bits per heavy atom. The van der Waals surface area contributed by atoms with Crippen LogP contribution in [0.5, 0.6) is 0 Å². The summed E-state index contributed by atoms with van der Waals surface area (Å²) in [6.07, 6.45) is 1.94. The third-order valence-corrected chi connectivity index (χ3v) is 5.37. The van der Waals surface area contributed by atoms with Crippen LogP contribution in [0.3, 0.4) is 0 Å². The van der Waals surface area contributed by atoms with Crippen molar-refractivity contribution in [3.8, 4) is 0 Å². The normalized spacial score (nSPS) is 15.9. The van der Waals surface area contributed by atoms with Gasteiger partial charge < -0.3 is 14.6 Å². The largest absolute Gasteiger partial charge is 0.459 e. The third kappa shape index (κ3) is 3.75. The topological polar surface area (TPSA) is 62.6 Å². The van der Waals surface area contributed by atoms with Gasteiger partial charge in [-0.15, -0.1) is 0 Å². The Balaban J connectivity index is 1.63.